The summed E-state index contributed by atoms with van der Waals surface area (Å²) in [6, 6.07) is 0. The molecule has 1 saturated heterocycles. The second-order valence-electron chi connectivity index (χ2n) is 13.3. The zero-order chi connectivity index (χ0) is 26.0. The highest BCUT2D eigenvalue weighted by Crippen LogP contribution is 2.35. The molecule has 5 atom stereocenters. The van der Waals surface area contributed by atoms with Crippen LogP contribution in [-0.4, -0.2) is 76.6 Å². The number of hydrogen-bond acceptors (Lipinski definition) is 7. The van der Waals surface area contributed by atoms with Crippen LogP contribution >= 0.6 is 0 Å². The minimum Gasteiger partial charge on any atom is -0.518 e. The molecule has 0 N–H and O–H groups in total. The molecule has 0 amide bonds. The SMILES string of the molecule is CC(C)COC1OC(C(=O)O[Si](C)(C)C)C(O[Si](C)(C)C)C(O[Si](C)(C)C)C1O[Si](C)(C)C. The normalized spacial score (nSPS) is 27.7. The van der Waals surface area contributed by atoms with Crippen molar-refractivity contribution in [3.05, 3.63) is 0 Å². The molecule has 196 valence electrons. The largest absolute Gasteiger partial charge is 0.518 e. The molecule has 0 aromatic heterocycles. The quantitative estimate of drug-likeness (QED) is 0.325. The standard InChI is InChI=1S/C22H50O7Si4/c1-16(2)15-24-22-20(28-32(9,10)11)18(27-31(6,7)8)17(26-30(3,4)5)19(25-22)21(23)29-33(12,13)14/h16-20,22H,15H2,1-14H3. The predicted octanol–water partition coefficient (Wildman–Crippen LogP) is 5.42. The smallest absolute Gasteiger partial charge is 0.324 e. The average Bonchev–Trinajstić information content (AvgIpc) is 2.51. The summed E-state index contributed by atoms with van der Waals surface area (Å²) in [4.78, 5) is 13.4. The third-order valence-electron chi connectivity index (χ3n) is 4.20. The van der Waals surface area contributed by atoms with Crippen molar-refractivity contribution in [2.75, 3.05) is 6.61 Å². The molecule has 0 saturated carbocycles. The maximum absolute atomic E-state index is 13.4. The Morgan fingerprint density at radius 1 is 0.697 bits per heavy atom. The van der Waals surface area contributed by atoms with Crippen LogP contribution in [0.15, 0.2) is 0 Å². The van der Waals surface area contributed by atoms with Crippen LogP contribution in [0.3, 0.4) is 0 Å². The average molecular weight is 539 g/mol. The van der Waals surface area contributed by atoms with Gasteiger partial charge in [-0.2, -0.15) is 0 Å². The minimum absolute atomic E-state index is 0.306. The zero-order valence-corrected chi connectivity index (χ0v) is 27.5. The van der Waals surface area contributed by atoms with Crippen LogP contribution < -0.4 is 0 Å². The van der Waals surface area contributed by atoms with Crippen molar-refractivity contribution >= 4 is 39.2 Å². The van der Waals surface area contributed by atoms with E-state index in [9.17, 15) is 4.79 Å². The van der Waals surface area contributed by atoms with E-state index >= 15 is 0 Å². The first-order valence-corrected chi connectivity index (χ1v) is 25.7. The number of ether oxygens (including phenoxy) is 2. The molecule has 5 unspecified atom stereocenters. The van der Waals surface area contributed by atoms with Crippen molar-refractivity contribution in [2.24, 2.45) is 5.92 Å². The van der Waals surface area contributed by atoms with Gasteiger partial charge >= 0.3 is 5.97 Å². The summed E-state index contributed by atoms with van der Waals surface area (Å²) < 4.78 is 38.4. The minimum atomic E-state index is -2.15. The molecule has 1 aliphatic rings. The molecule has 7 nitrogen and oxygen atoms in total. The van der Waals surface area contributed by atoms with E-state index < -0.39 is 69.9 Å². The van der Waals surface area contributed by atoms with Gasteiger partial charge in [0.05, 0.1) is 6.61 Å². The van der Waals surface area contributed by atoms with Crippen molar-refractivity contribution in [2.45, 2.75) is 123 Å². The first-order valence-electron chi connectivity index (χ1n) is 12.1. The first kappa shape index (κ1) is 31.2. The number of hydrogen-bond donors (Lipinski definition) is 0. The van der Waals surface area contributed by atoms with E-state index in [4.69, 9.17) is 27.2 Å². The van der Waals surface area contributed by atoms with Crippen LogP contribution in [0.4, 0.5) is 0 Å². The molecule has 0 bridgehead atoms. The number of carbonyl (C=O) groups excluding carboxylic acids is 1. The molecule has 0 aromatic rings. The summed E-state index contributed by atoms with van der Waals surface area (Å²) in [5.41, 5.74) is 0. The lowest BCUT2D eigenvalue weighted by molar-refractivity contribution is -0.286. The van der Waals surface area contributed by atoms with Crippen molar-refractivity contribution in [1.82, 2.24) is 0 Å². The van der Waals surface area contributed by atoms with E-state index in [1.54, 1.807) is 0 Å². The molecular weight excluding hydrogens is 489 g/mol. The van der Waals surface area contributed by atoms with E-state index in [1.165, 1.54) is 0 Å². The summed E-state index contributed by atoms with van der Waals surface area (Å²) >= 11 is 0. The third kappa shape index (κ3) is 12.1. The molecule has 33 heavy (non-hydrogen) atoms. The van der Waals surface area contributed by atoms with Gasteiger partial charge in [-0.15, -0.1) is 0 Å². The molecule has 1 heterocycles. The van der Waals surface area contributed by atoms with Crippen LogP contribution in [0.1, 0.15) is 13.8 Å². The topological polar surface area (TPSA) is 72.5 Å². The van der Waals surface area contributed by atoms with Crippen LogP contribution in [0, 0.1) is 5.92 Å². The molecule has 11 heteroatoms. The zero-order valence-electron chi connectivity index (χ0n) is 23.5. The maximum Gasteiger partial charge on any atom is 0.324 e. The Bertz CT molecular complexity index is 633. The second kappa shape index (κ2) is 11.5. The van der Waals surface area contributed by atoms with Crippen LogP contribution in [0.5, 0.6) is 0 Å². The Kier molecular flexibility index (Phi) is 10.8. The van der Waals surface area contributed by atoms with Crippen LogP contribution in [0.2, 0.25) is 78.6 Å². The van der Waals surface area contributed by atoms with E-state index in [0.717, 1.165) is 0 Å². The summed E-state index contributed by atoms with van der Waals surface area (Å²) in [5, 5.41) is 0. The molecule has 0 aliphatic carbocycles. The van der Waals surface area contributed by atoms with Gasteiger partial charge in [-0.1, -0.05) is 13.8 Å². The van der Waals surface area contributed by atoms with Crippen molar-refractivity contribution in [3.63, 3.8) is 0 Å². The van der Waals surface area contributed by atoms with Crippen molar-refractivity contribution < 1.29 is 32.0 Å². The number of rotatable bonds is 11. The first-order chi connectivity index (χ1) is 14.6. The highest BCUT2D eigenvalue weighted by Gasteiger charge is 2.55. The molecule has 1 aliphatic heterocycles. The van der Waals surface area contributed by atoms with Crippen molar-refractivity contribution in [3.8, 4) is 0 Å². The maximum atomic E-state index is 13.4. The van der Waals surface area contributed by atoms with E-state index in [2.05, 4.69) is 72.8 Å². The van der Waals surface area contributed by atoms with Crippen molar-refractivity contribution in [1.29, 1.82) is 0 Å². The van der Waals surface area contributed by atoms with Crippen LogP contribution in [0.25, 0.3) is 0 Å². The Balaban J connectivity index is 3.55. The molecular formula is C22H50O7Si4. The Hall–Kier alpha value is 0.138. The highest BCUT2D eigenvalue weighted by atomic mass is 28.4. The lowest BCUT2D eigenvalue weighted by atomic mass is 9.99. The summed E-state index contributed by atoms with van der Waals surface area (Å²) in [7, 11) is -8.29. The van der Waals surface area contributed by atoms with Crippen LogP contribution in [-0.2, 0) is 32.0 Å². The van der Waals surface area contributed by atoms with E-state index in [1.807, 2.05) is 19.6 Å². The van der Waals surface area contributed by atoms with Gasteiger partial charge in [-0.25, -0.2) is 0 Å². The van der Waals surface area contributed by atoms with Gasteiger partial charge in [0.2, 0.25) is 8.32 Å². The van der Waals surface area contributed by atoms with Gasteiger partial charge in [0.15, 0.2) is 37.3 Å². The van der Waals surface area contributed by atoms with Gasteiger partial charge in [0.25, 0.3) is 0 Å². The van der Waals surface area contributed by atoms with Gasteiger partial charge in [0.1, 0.15) is 18.3 Å². The fourth-order valence-corrected chi connectivity index (χ4v) is 7.34. The highest BCUT2D eigenvalue weighted by molar-refractivity contribution is 6.71. The summed E-state index contributed by atoms with van der Waals surface area (Å²) in [5.74, 6) is -0.0907. The molecule has 1 fully saturated rings. The summed E-state index contributed by atoms with van der Waals surface area (Å²) in [6.07, 6.45) is -3.25. The van der Waals surface area contributed by atoms with E-state index in [0.29, 0.717) is 12.5 Å². The lowest BCUT2D eigenvalue weighted by Crippen LogP contribution is -2.67. The van der Waals surface area contributed by atoms with E-state index in [-0.39, 0.29) is 0 Å². The fraction of sp³-hybridized carbons (Fsp3) is 0.955. The summed E-state index contributed by atoms with van der Waals surface area (Å²) in [6.45, 7) is 29.8. The Morgan fingerprint density at radius 3 is 1.52 bits per heavy atom. The monoisotopic (exact) mass is 538 g/mol. The Morgan fingerprint density at radius 2 is 1.12 bits per heavy atom. The van der Waals surface area contributed by atoms with Gasteiger partial charge in [-0.3, -0.25) is 4.79 Å². The fourth-order valence-electron chi connectivity index (χ4n) is 3.39. The molecule has 0 spiro atoms. The predicted molar refractivity (Wildman–Crippen MR) is 144 cm³/mol. The van der Waals surface area contributed by atoms with Gasteiger partial charge in [-0.05, 0) is 84.5 Å². The second-order valence-corrected chi connectivity index (χ2v) is 31.1. The molecule has 0 radical (unpaired) electrons. The third-order valence-corrected chi connectivity index (χ3v) is 7.95. The number of carbonyl (C=O) groups is 1. The Labute approximate surface area is 206 Å². The lowest BCUT2D eigenvalue weighted by Gasteiger charge is -2.50. The van der Waals surface area contributed by atoms with Gasteiger partial charge in [0, 0.05) is 0 Å². The van der Waals surface area contributed by atoms with Gasteiger partial charge < -0.3 is 27.2 Å². The molecule has 0 aromatic carbocycles. The molecule has 1 rings (SSSR count).